The minimum Gasteiger partial charge on any atom is -0.822 e. The molecule has 0 N–H and O–H groups in total. The quantitative estimate of drug-likeness (QED) is 0.432. The monoisotopic (exact) mass is 248 g/mol. The van der Waals surface area contributed by atoms with Crippen LogP contribution in [-0.4, -0.2) is 0 Å². The molecule has 0 spiro atoms. The van der Waals surface area contributed by atoms with Crippen molar-refractivity contribution in [1.29, 1.82) is 0 Å². The molecule has 0 saturated heterocycles. The second kappa shape index (κ2) is 3.67. The molecule has 0 heterocycles. The fourth-order valence-electron chi connectivity index (χ4n) is 0. The van der Waals surface area contributed by atoms with E-state index in [0.717, 1.165) is 0 Å². The van der Waals surface area contributed by atoms with Crippen LogP contribution in [0.4, 0.5) is 0 Å². The van der Waals surface area contributed by atoms with Crippen LogP contribution in [0.5, 0.6) is 0 Å². The van der Waals surface area contributed by atoms with Crippen molar-refractivity contribution in [3.8, 4) is 0 Å². The molecule has 0 amide bonds. The van der Waals surface area contributed by atoms with Crippen LogP contribution in [-0.2, 0) is 4.57 Å². The minimum atomic E-state index is -5.39. The van der Waals surface area contributed by atoms with Gasteiger partial charge in [0.15, 0.2) is 0 Å². The Morgan fingerprint density at radius 3 is 1.17 bits per heavy atom. The van der Waals surface area contributed by atoms with Gasteiger partial charge in [-0.25, -0.2) is 0 Å². The largest absolute Gasteiger partial charge is 0.822 e. The second-order valence-electron chi connectivity index (χ2n) is 0.447. The zero-order chi connectivity index (χ0) is 4.50. The van der Waals surface area contributed by atoms with E-state index in [1.807, 2.05) is 0 Å². The molecule has 0 atom stereocenters. The van der Waals surface area contributed by atoms with Crippen LogP contribution in [0.1, 0.15) is 0 Å². The van der Waals surface area contributed by atoms with E-state index in [0.29, 0.717) is 0 Å². The standard InChI is InChI=1S/Eu.H3O4P/c;1-5(2,3)4/h;(H3,1,2,3,4)/p-3. The minimum absolute atomic E-state index is 0. The molecule has 0 unspecified atom stereocenters. The molecule has 0 aromatic heterocycles. The van der Waals surface area contributed by atoms with Crippen molar-refractivity contribution in [1.82, 2.24) is 0 Å². The molecule has 39 valence electrons. The first-order chi connectivity index (χ1) is 2.00. The van der Waals surface area contributed by atoms with E-state index in [9.17, 15) is 0 Å². The van der Waals surface area contributed by atoms with Crippen molar-refractivity contribution >= 4 is 7.82 Å². The van der Waals surface area contributed by atoms with E-state index in [-0.39, 0.29) is 49.4 Å². The van der Waals surface area contributed by atoms with Gasteiger partial charge >= 0.3 is 0 Å². The van der Waals surface area contributed by atoms with E-state index < -0.39 is 7.82 Å². The van der Waals surface area contributed by atoms with Gasteiger partial charge in [-0.2, -0.15) is 7.82 Å². The Morgan fingerprint density at radius 2 is 1.17 bits per heavy atom. The Kier molecular flexibility index (Phi) is 6.50. The van der Waals surface area contributed by atoms with Gasteiger partial charge in [-0.05, 0) is 0 Å². The summed E-state index contributed by atoms with van der Waals surface area (Å²) in [5.74, 6) is 0. The summed E-state index contributed by atoms with van der Waals surface area (Å²) in [7, 11) is -5.39. The Balaban J connectivity index is 0. The molecule has 0 aliphatic heterocycles. The summed E-state index contributed by atoms with van der Waals surface area (Å²) in [5, 5.41) is 0. The van der Waals surface area contributed by atoms with Crippen LogP contribution >= 0.6 is 7.82 Å². The van der Waals surface area contributed by atoms with Crippen molar-refractivity contribution < 1.29 is 68.6 Å². The van der Waals surface area contributed by atoms with Crippen molar-refractivity contribution in [3.63, 3.8) is 0 Å². The fourth-order valence-corrected chi connectivity index (χ4v) is 0. The first-order valence-electron chi connectivity index (χ1n) is 0.730. The van der Waals surface area contributed by atoms with Gasteiger partial charge in [-0.15, -0.1) is 0 Å². The van der Waals surface area contributed by atoms with Gasteiger partial charge in [0.25, 0.3) is 0 Å². The maximum Gasteiger partial charge on any atom is 0 e. The van der Waals surface area contributed by atoms with Crippen molar-refractivity contribution in [2.24, 2.45) is 0 Å². The maximum absolute atomic E-state index is 8.55. The SMILES string of the molecule is O=P([O-])([O-])[O-].[Eu]. The molecule has 0 saturated carbocycles. The predicted molar refractivity (Wildman–Crippen MR) is 7.61 cm³/mol. The summed E-state index contributed by atoms with van der Waals surface area (Å²) in [4.78, 5) is 25.6. The van der Waals surface area contributed by atoms with Crippen LogP contribution in [0, 0.1) is 49.4 Å². The molecular formula is EuO4P-3. The molecule has 0 bridgehead atoms. The van der Waals surface area contributed by atoms with E-state index in [1.165, 1.54) is 0 Å². The molecule has 0 aromatic carbocycles. The summed E-state index contributed by atoms with van der Waals surface area (Å²) in [6, 6.07) is 0. The summed E-state index contributed by atoms with van der Waals surface area (Å²) in [6.07, 6.45) is 0. The van der Waals surface area contributed by atoms with E-state index >= 15 is 0 Å². The third-order valence-electron chi connectivity index (χ3n) is 0. The van der Waals surface area contributed by atoms with Gasteiger partial charge in [-0.1, -0.05) is 0 Å². The number of hydrogen-bond donors (Lipinski definition) is 0. The van der Waals surface area contributed by atoms with Gasteiger partial charge < -0.3 is 19.2 Å². The van der Waals surface area contributed by atoms with Gasteiger partial charge in [0, 0.05) is 49.4 Å². The normalized spacial score (nSPS) is 9.83. The molecule has 4 nitrogen and oxygen atoms in total. The Morgan fingerprint density at radius 1 is 1.17 bits per heavy atom. The van der Waals surface area contributed by atoms with E-state index in [2.05, 4.69) is 0 Å². The Labute approximate surface area is 75.3 Å². The van der Waals surface area contributed by atoms with Gasteiger partial charge in [0.2, 0.25) is 0 Å². The summed E-state index contributed by atoms with van der Waals surface area (Å²) in [6.45, 7) is 0. The average Bonchev–Trinajstić information content (AvgIpc) is 0.722. The number of phosphoric acid groups is 1. The zero-order valence-electron chi connectivity index (χ0n) is 2.46. The molecule has 0 aliphatic rings. The van der Waals surface area contributed by atoms with Gasteiger partial charge in [0.05, 0.1) is 0 Å². The number of hydrogen-bond acceptors (Lipinski definition) is 4. The molecule has 1 radical (unpaired) electrons. The zero-order valence-corrected chi connectivity index (χ0v) is 5.78. The maximum atomic E-state index is 8.55. The van der Waals surface area contributed by atoms with Crippen LogP contribution in [0.2, 0.25) is 0 Å². The van der Waals surface area contributed by atoms with Crippen molar-refractivity contribution in [3.05, 3.63) is 0 Å². The second-order valence-corrected chi connectivity index (χ2v) is 1.34. The van der Waals surface area contributed by atoms with Crippen LogP contribution in [0.3, 0.4) is 0 Å². The van der Waals surface area contributed by atoms with Crippen LogP contribution < -0.4 is 14.7 Å². The Bertz CT molecular complexity index is 53.7. The molecular weight excluding hydrogens is 247 g/mol. The molecule has 6 heavy (non-hydrogen) atoms. The summed E-state index contributed by atoms with van der Waals surface area (Å²) < 4.78 is 8.55. The first kappa shape index (κ1) is 10.6. The van der Waals surface area contributed by atoms with Crippen molar-refractivity contribution in [2.75, 3.05) is 0 Å². The van der Waals surface area contributed by atoms with E-state index in [4.69, 9.17) is 19.2 Å². The number of rotatable bonds is 0. The van der Waals surface area contributed by atoms with Crippen LogP contribution in [0.25, 0.3) is 0 Å². The van der Waals surface area contributed by atoms with E-state index in [1.54, 1.807) is 0 Å². The van der Waals surface area contributed by atoms with Gasteiger partial charge in [-0.3, -0.25) is 0 Å². The molecule has 0 aliphatic carbocycles. The smallest absolute Gasteiger partial charge is 0 e. The molecule has 0 aromatic rings. The average molecular weight is 247 g/mol. The Hall–Kier alpha value is 1.69. The summed E-state index contributed by atoms with van der Waals surface area (Å²) in [5.41, 5.74) is 0. The first-order valence-corrected chi connectivity index (χ1v) is 2.19. The molecule has 0 rings (SSSR count). The third-order valence-corrected chi connectivity index (χ3v) is 0. The molecule has 6 heteroatoms. The predicted octanol–water partition coefficient (Wildman–Crippen LogP) is -2.82. The van der Waals surface area contributed by atoms with Crippen molar-refractivity contribution in [2.45, 2.75) is 0 Å². The van der Waals surface area contributed by atoms with Gasteiger partial charge in [0.1, 0.15) is 0 Å². The third kappa shape index (κ3) is 43.7. The van der Waals surface area contributed by atoms with Crippen LogP contribution in [0.15, 0.2) is 0 Å². The summed E-state index contributed by atoms with van der Waals surface area (Å²) >= 11 is 0. The molecule has 0 fully saturated rings. The topological polar surface area (TPSA) is 86.2 Å². The fraction of sp³-hybridized carbons (Fsp3) is 0.